The van der Waals surface area contributed by atoms with Crippen LogP contribution in [0.15, 0.2) is 57.2 Å². The Balaban J connectivity index is 2.18. The molecular formula is C13H9NO3S2. The van der Waals surface area contributed by atoms with E-state index in [0.29, 0.717) is 5.69 Å². The monoisotopic (exact) mass is 291 g/mol. The van der Waals surface area contributed by atoms with Crippen molar-refractivity contribution in [2.24, 2.45) is 0 Å². The van der Waals surface area contributed by atoms with Crippen molar-refractivity contribution in [2.45, 2.75) is 14.7 Å². The minimum absolute atomic E-state index is 0.283. The van der Waals surface area contributed by atoms with E-state index in [0.717, 1.165) is 21.9 Å². The van der Waals surface area contributed by atoms with Gasteiger partial charge in [0.15, 0.2) is 11.1 Å². The summed E-state index contributed by atoms with van der Waals surface area (Å²) in [4.78, 5) is 15.0. The van der Waals surface area contributed by atoms with Gasteiger partial charge >= 0.3 is 0 Å². The lowest BCUT2D eigenvalue weighted by molar-refractivity contribution is -0.106. The van der Waals surface area contributed by atoms with Gasteiger partial charge in [0.2, 0.25) is 6.41 Å². The number of para-hydroxylation sites is 1. The summed E-state index contributed by atoms with van der Waals surface area (Å²) >= 11 is -0.513. The minimum Gasteiger partial charge on any atom is -0.302 e. The lowest BCUT2D eigenvalue weighted by Crippen LogP contribution is -2.18. The molecule has 1 atom stereocenters. The van der Waals surface area contributed by atoms with Crippen molar-refractivity contribution in [3.05, 3.63) is 42.5 Å². The Morgan fingerprint density at radius 1 is 1.11 bits per heavy atom. The van der Waals surface area contributed by atoms with Gasteiger partial charge in [-0.15, -0.1) is 0 Å². The van der Waals surface area contributed by atoms with Crippen molar-refractivity contribution >= 4 is 40.6 Å². The van der Waals surface area contributed by atoms with Crippen LogP contribution in [0.3, 0.4) is 0 Å². The molecule has 4 nitrogen and oxygen atoms in total. The number of hydrogen-bond acceptors (Lipinski definition) is 3. The zero-order valence-electron chi connectivity index (χ0n) is 9.65. The highest BCUT2D eigenvalue weighted by molar-refractivity contribution is 7.99. The molecular weight excluding hydrogens is 282 g/mol. The van der Waals surface area contributed by atoms with Crippen molar-refractivity contribution in [2.75, 3.05) is 4.90 Å². The van der Waals surface area contributed by atoms with E-state index < -0.39 is 11.1 Å². The highest BCUT2D eigenvalue weighted by atomic mass is 32.2. The number of anilines is 2. The van der Waals surface area contributed by atoms with Gasteiger partial charge in [-0.2, -0.15) is 0 Å². The molecule has 6 heteroatoms. The number of carbonyl (C=O) groups excluding carboxylic acids is 1. The standard InChI is InChI=1S/C13H9NO3S2/c15-8-14-10-3-1-2-4-12(10)18-13-6-5-9(19(16)17)7-11(13)14/h1-8H,(H,16,17). The van der Waals surface area contributed by atoms with Gasteiger partial charge in [-0.05, 0) is 30.3 Å². The maximum Gasteiger partial charge on any atom is 0.218 e. The van der Waals surface area contributed by atoms with E-state index in [2.05, 4.69) is 0 Å². The smallest absolute Gasteiger partial charge is 0.218 e. The number of nitrogens with zero attached hydrogens (tertiary/aromatic N) is 1. The summed E-state index contributed by atoms with van der Waals surface area (Å²) in [6, 6.07) is 12.5. The van der Waals surface area contributed by atoms with Crippen LogP contribution in [-0.4, -0.2) is 15.2 Å². The summed E-state index contributed by atoms with van der Waals surface area (Å²) < 4.78 is 20.3. The molecule has 19 heavy (non-hydrogen) atoms. The quantitative estimate of drug-likeness (QED) is 0.682. The predicted molar refractivity (Wildman–Crippen MR) is 74.2 cm³/mol. The molecule has 0 aliphatic carbocycles. The maximum absolute atomic E-state index is 11.3. The Bertz CT molecular complexity index is 687. The molecule has 0 spiro atoms. The largest absolute Gasteiger partial charge is 0.302 e. The molecule has 0 radical (unpaired) electrons. The second-order valence-electron chi connectivity index (χ2n) is 3.92. The molecule has 1 aliphatic rings. The zero-order chi connectivity index (χ0) is 13.4. The van der Waals surface area contributed by atoms with Crippen LogP contribution in [0.4, 0.5) is 11.4 Å². The van der Waals surface area contributed by atoms with Crippen LogP contribution in [0.2, 0.25) is 0 Å². The predicted octanol–water partition coefficient (Wildman–Crippen LogP) is 3.03. The molecule has 0 aromatic heterocycles. The lowest BCUT2D eigenvalue weighted by Gasteiger charge is -2.27. The first-order chi connectivity index (χ1) is 9.20. The van der Waals surface area contributed by atoms with Crippen molar-refractivity contribution in [1.29, 1.82) is 0 Å². The number of rotatable bonds is 2. The Morgan fingerprint density at radius 2 is 1.84 bits per heavy atom. The van der Waals surface area contributed by atoms with Gasteiger partial charge in [-0.3, -0.25) is 9.69 Å². The van der Waals surface area contributed by atoms with Crippen LogP contribution in [0.1, 0.15) is 0 Å². The molecule has 1 unspecified atom stereocenters. The van der Waals surface area contributed by atoms with Gasteiger partial charge in [0.1, 0.15) is 0 Å². The van der Waals surface area contributed by atoms with Crippen LogP contribution in [0, 0.1) is 0 Å². The lowest BCUT2D eigenvalue weighted by atomic mass is 10.2. The van der Waals surface area contributed by atoms with Crippen molar-refractivity contribution < 1.29 is 13.6 Å². The molecule has 0 fully saturated rings. The average molecular weight is 291 g/mol. The van der Waals surface area contributed by atoms with Crippen LogP contribution in [0.5, 0.6) is 0 Å². The van der Waals surface area contributed by atoms with Gasteiger partial charge in [0.25, 0.3) is 0 Å². The van der Waals surface area contributed by atoms with E-state index in [1.807, 2.05) is 24.3 Å². The summed E-state index contributed by atoms with van der Waals surface area (Å²) in [5.41, 5.74) is 1.43. The Labute approximate surface area is 116 Å². The first-order valence-corrected chi connectivity index (χ1v) is 7.39. The van der Waals surface area contributed by atoms with Gasteiger partial charge in [-0.25, -0.2) is 4.21 Å². The molecule has 1 heterocycles. The molecule has 0 saturated carbocycles. The summed E-state index contributed by atoms with van der Waals surface area (Å²) in [5.74, 6) is 0. The SMILES string of the molecule is O=CN1c2ccccc2Sc2ccc(S(=O)O)cc21. The van der Waals surface area contributed by atoms with Crippen LogP contribution < -0.4 is 4.90 Å². The van der Waals surface area contributed by atoms with E-state index in [9.17, 15) is 9.00 Å². The van der Waals surface area contributed by atoms with Crippen molar-refractivity contribution in [1.82, 2.24) is 0 Å². The van der Waals surface area contributed by atoms with E-state index in [4.69, 9.17) is 4.55 Å². The minimum atomic E-state index is -2.05. The van der Waals surface area contributed by atoms with E-state index in [1.165, 1.54) is 4.90 Å². The summed E-state index contributed by atoms with van der Waals surface area (Å²) in [7, 11) is 0. The first-order valence-electron chi connectivity index (χ1n) is 5.47. The molecule has 3 rings (SSSR count). The van der Waals surface area contributed by atoms with Crippen LogP contribution in [-0.2, 0) is 15.9 Å². The van der Waals surface area contributed by atoms with Crippen LogP contribution >= 0.6 is 11.8 Å². The topological polar surface area (TPSA) is 57.6 Å². The molecule has 1 aliphatic heterocycles. The Kier molecular flexibility index (Phi) is 3.14. The Morgan fingerprint density at radius 3 is 2.58 bits per heavy atom. The fourth-order valence-electron chi connectivity index (χ4n) is 1.98. The van der Waals surface area contributed by atoms with E-state index in [1.54, 1.807) is 30.0 Å². The molecule has 2 aromatic rings. The molecule has 0 bridgehead atoms. The fraction of sp³-hybridized carbons (Fsp3) is 0. The van der Waals surface area contributed by atoms with Crippen molar-refractivity contribution in [3.8, 4) is 0 Å². The van der Waals surface area contributed by atoms with E-state index >= 15 is 0 Å². The van der Waals surface area contributed by atoms with Gasteiger partial charge in [-0.1, -0.05) is 23.9 Å². The van der Waals surface area contributed by atoms with Gasteiger partial charge in [0.05, 0.1) is 16.3 Å². The average Bonchev–Trinajstić information content (AvgIpc) is 2.44. The van der Waals surface area contributed by atoms with Gasteiger partial charge < -0.3 is 4.55 Å². The highest BCUT2D eigenvalue weighted by Crippen LogP contribution is 2.47. The molecule has 2 aromatic carbocycles. The van der Waals surface area contributed by atoms with Gasteiger partial charge in [0, 0.05) is 9.79 Å². The number of hydrogen-bond donors (Lipinski definition) is 1. The van der Waals surface area contributed by atoms with E-state index in [-0.39, 0.29) is 4.90 Å². The zero-order valence-corrected chi connectivity index (χ0v) is 11.3. The third-order valence-corrected chi connectivity index (χ3v) is 4.63. The third-order valence-electron chi connectivity index (χ3n) is 2.84. The molecule has 0 saturated heterocycles. The second-order valence-corrected chi connectivity index (χ2v) is 5.98. The fourth-order valence-corrected chi connectivity index (χ4v) is 3.43. The first kappa shape index (κ1) is 12.4. The number of carbonyl (C=O) groups is 1. The van der Waals surface area contributed by atoms with Crippen LogP contribution in [0.25, 0.3) is 0 Å². The summed E-state index contributed by atoms with van der Waals surface area (Å²) in [6.07, 6.45) is 0.724. The molecule has 96 valence electrons. The Hall–Kier alpha value is -1.63. The molecule has 1 N–H and O–H groups in total. The number of fused-ring (bicyclic) bond motifs is 2. The van der Waals surface area contributed by atoms with Crippen molar-refractivity contribution in [3.63, 3.8) is 0 Å². The number of amides is 1. The third kappa shape index (κ3) is 2.07. The summed E-state index contributed by atoms with van der Waals surface area (Å²) in [5, 5.41) is 0. The number of benzene rings is 2. The second kappa shape index (κ2) is 4.80. The maximum atomic E-state index is 11.3. The molecule has 1 amide bonds. The summed E-state index contributed by atoms with van der Waals surface area (Å²) in [6.45, 7) is 0. The normalized spacial score (nSPS) is 14.5. The highest BCUT2D eigenvalue weighted by Gasteiger charge is 2.23.